The summed E-state index contributed by atoms with van der Waals surface area (Å²) in [6.07, 6.45) is 0. The smallest absolute Gasteiger partial charge is 0.223 e. The summed E-state index contributed by atoms with van der Waals surface area (Å²) in [6.45, 7) is 4.57. The lowest BCUT2D eigenvalue weighted by molar-refractivity contribution is 0.427. The number of rotatable bonds is 4. The average Bonchev–Trinajstić information content (AvgIpc) is 2.45. The number of nitrogens with two attached hydrogens (primary N) is 2. The van der Waals surface area contributed by atoms with Crippen LogP contribution in [-0.2, 0) is 0 Å². The van der Waals surface area contributed by atoms with Gasteiger partial charge in [0.25, 0.3) is 0 Å². The Morgan fingerprint density at radius 3 is 2.74 bits per heavy atom. The first-order valence-corrected chi connectivity index (χ1v) is 7.74. The highest BCUT2D eigenvalue weighted by Crippen LogP contribution is 2.37. The minimum absolute atomic E-state index is 0.0267. The number of halogens is 2. The van der Waals surface area contributed by atoms with E-state index < -0.39 is 5.82 Å². The molecule has 0 unspecified atom stereocenters. The molecule has 0 bridgehead atoms. The highest BCUT2D eigenvalue weighted by atomic mass is 35.5. The molecule has 23 heavy (non-hydrogen) atoms. The fourth-order valence-electron chi connectivity index (χ4n) is 2.71. The quantitative estimate of drug-likeness (QED) is 0.789. The van der Waals surface area contributed by atoms with E-state index in [0.717, 1.165) is 19.6 Å². The standard InChI is InChI=1S/C15H18ClFN6/c1-2-20-9-6-23(7-9)14-12(13(18)21-15(19)22-14)8-3-4-11(17)10(16)5-8/h3-5,9,20H,2,6-7H2,1H3,(H4,18,19,21,22). The molecule has 0 spiro atoms. The minimum atomic E-state index is -0.483. The molecule has 0 amide bonds. The first kappa shape index (κ1) is 15.8. The highest BCUT2D eigenvalue weighted by Gasteiger charge is 2.30. The molecular formula is C15H18ClFN6. The second-order valence-corrected chi connectivity index (χ2v) is 5.86. The van der Waals surface area contributed by atoms with Crippen molar-refractivity contribution in [2.24, 2.45) is 0 Å². The lowest BCUT2D eigenvalue weighted by Crippen LogP contribution is -2.58. The summed E-state index contributed by atoms with van der Waals surface area (Å²) in [4.78, 5) is 10.4. The zero-order chi connectivity index (χ0) is 16.6. The van der Waals surface area contributed by atoms with Crippen LogP contribution in [0, 0.1) is 5.82 Å². The first-order chi connectivity index (χ1) is 11.0. The molecule has 0 atom stereocenters. The Hall–Kier alpha value is -2.12. The van der Waals surface area contributed by atoms with E-state index in [-0.39, 0.29) is 16.8 Å². The predicted molar refractivity (Wildman–Crippen MR) is 90.9 cm³/mol. The third-order valence-corrected chi connectivity index (χ3v) is 4.11. The summed E-state index contributed by atoms with van der Waals surface area (Å²) in [5, 5.41) is 3.40. The highest BCUT2D eigenvalue weighted by molar-refractivity contribution is 6.31. The second-order valence-electron chi connectivity index (χ2n) is 5.45. The van der Waals surface area contributed by atoms with Crippen LogP contribution >= 0.6 is 11.6 Å². The van der Waals surface area contributed by atoms with Gasteiger partial charge in [-0.25, -0.2) is 4.39 Å². The largest absolute Gasteiger partial charge is 0.383 e. The summed E-state index contributed by atoms with van der Waals surface area (Å²) >= 11 is 5.89. The first-order valence-electron chi connectivity index (χ1n) is 7.36. The number of benzene rings is 1. The number of hydrogen-bond donors (Lipinski definition) is 3. The zero-order valence-electron chi connectivity index (χ0n) is 12.7. The van der Waals surface area contributed by atoms with Gasteiger partial charge in [0.05, 0.1) is 10.6 Å². The molecule has 1 saturated heterocycles. The Labute approximate surface area is 138 Å². The summed E-state index contributed by atoms with van der Waals surface area (Å²) < 4.78 is 13.4. The van der Waals surface area contributed by atoms with Crippen molar-refractivity contribution in [1.82, 2.24) is 15.3 Å². The van der Waals surface area contributed by atoms with E-state index >= 15 is 0 Å². The molecule has 1 aliphatic rings. The Balaban J connectivity index is 2.01. The summed E-state index contributed by atoms with van der Waals surface area (Å²) in [5.41, 5.74) is 13.1. The Bertz CT molecular complexity index is 732. The molecule has 1 aromatic heterocycles. The van der Waals surface area contributed by atoms with Gasteiger partial charge in [-0.3, -0.25) is 0 Å². The average molecular weight is 337 g/mol. The third-order valence-electron chi connectivity index (χ3n) is 3.82. The molecule has 1 aromatic carbocycles. The van der Waals surface area contributed by atoms with Crippen LogP contribution in [0.2, 0.25) is 5.02 Å². The molecule has 0 aliphatic carbocycles. The van der Waals surface area contributed by atoms with Gasteiger partial charge in [0.2, 0.25) is 5.95 Å². The van der Waals surface area contributed by atoms with Crippen molar-refractivity contribution in [1.29, 1.82) is 0 Å². The topological polar surface area (TPSA) is 93.1 Å². The van der Waals surface area contributed by atoms with Gasteiger partial charge in [-0.2, -0.15) is 9.97 Å². The van der Waals surface area contributed by atoms with Gasteiger partial charge in [-0.15, -0.1) is 0 Å². The van der Waals surface area contributed by atoms with Crippen LogP contribution in [0.4, 0.5) is 22.0 Å². The Morgan fingerprint density at radius 1 is 1.35 bits per heavy atom. The van der Waals surface area contributed by atoms with Crippen molar-refractivity contribution in [3.8, 4) is 11.1 Å². The fraction of sp³-hybridized carbons (Fsp3) is 0.333. The van der Waals surface area contributed by atoms with Crippen LogP contribution in [-0.4, -0.2) is 35.6 Å². The second kappa shape index (κ2) is 6.17. The van der Waals surface area contributed by atoms with Gasteiger partial charge < -0.3 is 21.7 Å². The molecule has 6 nitrogen and oxygen atoms in total. The zero-order valence-corrected chi connectivity index (χ0v) is 13.4. The van der Waals surface area contributed by atoms with E-state index in [1.807, 2.05) is 0 Å². The Morgan fingerprint density at radius 2 is 2.09 bits per heavy atom. The maximum absolute atomic E-state index is 13.4. The van der Waals surface area contributed by atoms with E-state index in [4.69, 9.17) is 23.1 Å². The minimum Gasteiger partial charge on any atom is -0.383 e. The van der Waals surface area contributed by atoms with Crippen LogP contribution in [0.1, 0.15) is 6.92 Å². The van der Waals surface area contributed by atoms with Crippen LogP contribution in [0.5, 0.6) is 0 Å². The number of nitrogen functional groups attached to an aromatic ring is 2. The molecule has 8 heteroatoms. The van der Waals surface area contributed by atoms with E-state index in [1.54, 1.807) is 6.07 Å². The van der Waals surface area contributed by atoms with E-state index in [2.05, 4.69) is 27.1 Å². The fourth-order valence-corrected chi connectivity index (χ4v) is 2.89. The van der Waals surface area contributed by atoms with Gasteiger partial charge in [0.15, 0.2) is 0 Å². The van der Waals surface area contributed by atoms with Gasteiger partial charge in [-0.05, 0) is 24.2 Å². The molecule has 5 N–H and O–H groups in total. The molecule has 1 fully saturated rings. The van der Waals surface area contributed by atoms with Crippen LogP contribution in [0.15, 0.2) is 18.2 Å². The molecule has 0 saturated carbocycles. The van der Waals surface area contributed by atoms with Crippen LogP contribution < -0.4 is 21.7 Å². The lowest BCUT2D eigenvalue weighted by Gasteiger charge is -2.41. The number of aromatic nitrogens is 2. The monoisotopic (exact) mass is 336 g/mol. The summed E-state index contributed by atoms with van der Waals surface area (Å²) in [7, 11) is 0. The van der Waals surface area contributed by atoms with Gasteiger partial charge in [0.1, 0.15) is 17.5 Å². The molecule has 122 valence electrons. The van der Waals surface area contributed by atoms with Crippen molar-refractivity contribution in [3.05, 3.63) is 29.0 Å². The third kappa shape index (κ3) is 3.02. The maximum Gasteiger partial charge on any atom is 0.223 e. The van der Waals surface area contributed by atoms with Gasteiger partial charge in [-0.1, -0.05) is 24.6 Å². The van der Waals surface area contributed by atoms with E-state index in [0.29, 0.717) is 23.0 Å². The van der Waals surface area contributed by atoms with E-state index in [1.165, 1.54) is 12.1 Å². The molecule has 2 aromatic rings. The van der Waals surface area contributed by atoms with Gasteiger partial charge in [0, 0.05) is 19.1 Å². The molecule has 2 heterocycles. The molecular weight excluding hydrogens is 319 g/mol. The van der Waals surface area contributed by atoms with Crippen molar-refractivity contribution >= 4 is 29.2 Å². The molecule has 0 radical (unpaired) electrons. The number of anilines is 3. The molecule has 3 rings (SSSR count). The van der Waals surface area contributed by atoms with Crippen molar-refractivity contribution in [3.63, 3.8) is 0 Å². The predicted octanol–water partition coefficient (Wildman–Crippen LogP) is 1.90. The van der Waals surface area contributed by atoms with Crippen molar-refractivity contribution < 1.29 is 4.39 Å². The number of nitrogens with one attached hydrogen (secondary N) is 1. The SMILES string of the molecule is CCNC1CN(c2nc(N)nc(N)c2-c2ccc(F)c(Cl)c2)C1. The van der Waals surface area contributed by atoms with Crippen molar-refractivity contribution in [2.45, 2.75) is 13.0 Å². The van der Waals surface area contributed by atoms with Crippen LogP contribution in [0.25, 0.3) is 11.1 Å². The lowest BCUT2D eigenvalue weighted by atomic mass is 10.0. The number of hydrogen-bond acceptors (Lipinski definition) is 6. The number of nitrogens with zero attached hydrogens (tertiary/aromatic N) is 3. The summed E-state index contributed by atoms with van der Waals surface area (Å²) in [6, 6.07) is 4.83. The summed E-state index contributed by atoms with van der Waals surface area (Å²) in [5.74, 6) is 0.526. The van der Waals surface area contributed by atoms with Crippen molar-refractivity contribution in [2.75, 3.05) is 36.0 Å². The maximum atomic E-state index is 13.4. The molecule has 1 aliphatic heterocycles. The Kier molecular flexibility index (Phi) is 4.23. The normalized spacial score (nSPS) is 14.8. The van der Waals surface area contributed by atoms with E-state index in [9.17, 15) is 4.39 Å². The van der Waals surface area contributed by atoms with Crippen LogP contribution in [0.3, 0.4) is 0 Å². The van der Waals surface area contributed by atoms with Gasteiger partial charge >= 0.3 is 0 Å². The number of likely N-dealkylation sites (N-methyl/N-ethyl adjacent to an activating group) is 1.